The Morgan fingerprint density at radius 1 is 1.14 bits per heavy atom. The van der Waals surface area contributed by atoms with Gasteiger partial charge in [0.25, 0.3) is 5.56 Å². The zero-order valence-corrected chi connectivity index (χ0v) is 12.8. The summed E-state index contributed by atoms with van der Waals surface area (Å²) in [6.07, 6.45) is 1.35. The van der Waals surface area contributed by atoms with Crippen molar-refractivity contribution in [3.8, 4) is 5.75 Å². The third-order valence-corrected chi connectivity index (χ3v) is 3.63. The van der Waals surface area contributed by atoms with Gasteiger partial charge in [0.1, 0.15) is 12.4 Å². The maximum absolute atomic E-state index is 12.0. The van der Waals surface area contributed by atoms with Gasteiger partial charge in [0, 0.05) is 4.47 Å². The summed E-state index contributed by atoms with van der Waals surface area (Å²) in [5.41, 5.74) is 1.51. The quantitative estimate of drug-likeness (QED) is 0.729. The molecule has 0 bridgehead atoms. The largest absolute Gasteiger partial charge is 0.492 e. The second-order valence-electron chi connectivity index (χ2n) is 4.54. The summed E-state index contributed by atoms with van der Waals surface area (Å²) in [7, 11) is 0. The Labute approximate surface area is 130 Å². The lowest BCUT2D eigenvalue weighted by molar-refractivity contribution is 0.298. The van der Waals surface area contributed by atoms with Crippen molar-refractivity contribution in [3.63, 3.8) is 0 Å². The Bertz CT molecular complexity index is 830. The van der Waals surface area contributed by atoms with Crippen molar-refractivity contribution in [3.05, 3.63) is 69.6 Å². The molecule has 0 N–H and O–H groups in total. The fourth-order valence-corrected chi connectivity index (χ4v) is 2.54. The van der Waals surface area contributed by atoms with Crippen molar-refractivity contribution < 1.29 is 4.74 Å². The summed E-state index contributed by atoms with van der Waals surface area (Å²) < 4.78 is 8.33. The van der Waals surface area contributed by atoms with E-state index < -0.39 is 0 Å². The number of aromatic nitrogens is 2. The number of halogens is 1. The van der Waals surface area contributed by atoms with Crippen LogP contribution < -0.4 is 10.3 Å². The van der Waals surface area contributed by atoms with Crippen molar-refractivity contribution in [1.82, 2.24) is 9.55 Å². The van der Waals surface area contributed by atoms with Crippen LogP contribution in [0.25, 0.3) is 11.0 Å². The number of nitrogens with zero attached hydrogens (tertiary/aromatic N) is 2. The third-order valence-electron chi connectivity index (χ3n) is 3.13. The van der Waals surface area contributed by atoms with E-state index in [1.165, 1.54) is 6.20 Å². The molecule has 5 heteroatoms. The summed E-state index contributed by atoms with van der Waals surface area (Å²) in [4.78, 5) is 16.1. The van der Waals surface area contributed by atoms with Crippen LogP contribution in [0.15, 0.2) is 64.0 Å². The summed E-state index contributed by atoms with van der Waals surface area (Å²) in [6.45, 7) is 0.902. The minimum absolute atomic E-state index is 0.119. The van der Waals surface area contributed by atoms with Crippen molar-refractivity contribution in [2.75, 3.05) is 6.61 Å². The molecule has 0 radical (unpaired) electrons. The standard InChI is InChI=1S/C16H13BrN2O2/c17-12-4-3-5-13(10-12)21-9-8-19-15-7-2-1-6-14(15)18-11-16(19)20/h1-7,10-11H,8-9H2. The average molecular weight is 345 g/mol. The molecule has 0 aliphatic rings. The molecule has 0 spiro atoms. The summed E-state index contributed by atoms with van der Waals surface area (Å²) in [5.74, 6) is 0.774. The second kappa shape index (κ2) is 6.10. The van der Waals surface area contributed by atoms with Crippen LogP contribution in [-0.4, -0.2) is 16.2 Å². The Morgan fingerprint density at radius 3 is 2.86 bits per heavy atom. The number of para-hydroxylation sites is 2. The van der Waals surface area contributed by atoms with Crippen LogP contribution in [0.3, 0.4) is 0 Å². The van der Waals surface area contributed by atoms with Gasteiger partial charge in [-0.05, 0) is 30.3 Å². The predicted octanol–water partition coefficient (Wildman–Crippen LogP) is 3.24. The van der Waals surface area contributed by atoms with Crippen LogP contribution in [-0.2, 0) is 6.54 Å². The Kier molecular flexibility index (Phi) is 4.01. The molecule has 3 aromatic rings. The van der Waals surface area contributed by atoms with E-state index in [2.05, 4.69) is 20.9 Å². The second-order valence-corrected chi connectivity index (χ2v) is 5.46. The van der Waals surface area contributed by atoms with Gasteiger partial charge >= 0.3 is 0 Å². The highest BCUT2D eigenvalue weighted by Crippen LogP contribution is 2.17. The van der Waals surface area contributed by atoms with E-state index in [1.807, 2.05) is 48.5 Å². The van der Waals surface area contributed by atoms with Crippen LogP contribution in [0.4, 0.5) is 0 Å². The van der Waals surface area contributed by atoms with Crippen LogP contribution in [0, 0.1) is 0 Å². The first kappa shape index (κ1) is 13.8. The van der Waals surface area contributed by atoms with Gasteiger partial charge in [0.15, 0.2) is 0 Å². The molecule has 1 heterocycles. The number of rotatable bonds is 4. The topological polar surface area (TPSA) is 44.1 Å². The van der Waals surface area contributed by atoms with Gasteiger partial charge in [-0.1, -0.05) is 34.1 Å². The normalized spacial score (nSPS) is 10.7. The third kappa shape index (κ3) is 3.13. The van der Waals surface area contributed by atoms with E-state index in [-0.39, 0.29) is 5.56 Å². The molecule has 0 saturated heterocycles. The van der Waals surface area contributed by atoms with Gasteiger partial charge < -0.3 is 9.30 Å². The molecule has 106 valence electrons. The van der Waals surface area contributed by atoms with Gasteiger partial charge in [0.05, 0.1) is 23.8 Å². The molecule has 21 heavy (non-hydrogen) atoms. The van der Waals surface area contributed by atoms with Crippen LogP contribution in [0.2, 0.25) is 0 Å². The zero-order valence-electron chi connectivity index (χ0n) is 11.2. The molecule has 4 nitrogen and oxygen atoms in total. The van der Waals surface area contributed by atoms with Crippen LogP contribution >= 0.6 is 15.9 Å². The van der Waals surface area contributed by atoms with E-state index in [4.69, 9.17) is 4.74 Å². The van der Waals surface area contributed by atoms with Gasteiger partial charge in [-0.2, -0.15) is 0 Å². The van der Waals surface area contributed by atoms with E-state index in [0.29, 0.717) is 13.2 Å². The lowest BCUT2D eigenvalue weighted by Gasteiger charge is -2.10. The van der Waals surface area contributed by atoms with Crippen molar-refractivity contribution in [2.24, 2.45) is 0 Å². The predicted molar refractivity (Wildman–Crippen MR) is 85.6 cm³/mol. The molecule has 0 atom stereocenters. The molecule has 0 unspecified atom stereocenters. The summed E-state index contributed by atoms with van der Waals surface area (Å²) >= 11 is 3.40. The fraction of sp³-hybridized carbons (Fsp3) is 0.125. The average Bonchev–Trinajstić information content (AvgIpc) is 2.50. The summed E-state index contributed by atoms with van der Waals surface area (Å²) in [6, 6.07) is 15.2. The highest BCUT2D eigenvalue weighted by atomic mass is 79.9. The monoisotopic (exact) mass is 344 g/mol. The smallest absolute Gasteiger partial charge is 0.269 e. The molecule has 0 fully saturated rings. The van der Waals surface area contributed by atoms with E-state index in [9.17, 15) is 4.79 Å². The first-order valence-electron chi connectivity index (χ1n) is 6.57. The summed E-state index contributed by atoms with van der Waals surface area (Å²) in [5, 5.41) is 0. The number of fused-ring (bicyclic) bond motifs is 1. The molecule has 3 rings (SSSR count). The maximum Gasteiger partial charge on any atom is 0.269 e. The zero-order chi connectivity index (χ0) is 14.7. The Morgan fingerprint density at radius 2 is 2.00 bits per heavy atom. The highest BCUT2D eigenvalue weighted by molar-refractivity contribution is 9.10. The molecule has 0 amide bonds. The Hall–Kier alpha value is -2.14. The number of hydrogen-bond donors (Lipinski definition) is 0. The number of benzene rings is 2. The SMILES string of the molecule is O=c1cnc2ccccc2n1CCOc1cccc(Br)c1. The molecule has 0 aliphatic carbocycles. The van der Waals surface area contributed by atoms with E-state index in [0.717, 1.165) is 21.3 Å². The van der Waals surface area contributed by atoms with Crippen LogP contribution in [0.1, 0.15) is 0 Å². The molecule has 0 aliphatic heterocycles. The number of hydrogen-bond acceptors (Lipinski definition) is 3. The minimum atomic E-state index is -0.119. The van der Waals surface area contributed by atoms with Crippen molar-refractivity contribution in [2.45, 2.75) is 6.54 Å². The molecule has 0 saturated carbocycles. The van der Waals surface area contributed by atoms with E-state index >= 15 is 0 Å². The fourth-order valence-electron chi connectivity index (χ4n) is 2.16. The van der Waals surface area contributed by atoms with Gasteiger partial charge in [-0.3, -0.25) is 4.79 Å². The molecular formula is C16H13BrN2O2. The Balaban J connectivity index is 1.79. The lowest BCUT2D eigenvalue weighted by atomic mass is 10.3. The first-order chi connectivity index (χ1) is 10.2. The first-order valence-corrected chi connectivity index (χ1v) is 7.36. The maximum atomic E-state index is 12.0. The van der Waals surface area contributed by atoms with Gasteiger partial charge in [-0.25, -0.2) is 4.98 Å². The minimum Gasteiger partial charge on any atom is -0.492 e. The van der Waals surface area contributed by atoms with Gasteiger partial charge in [0.2, 0.25) is 0 Å². The molecule has 2 aromatic carbocycles. The molecular weight excluding hydrogens is 332 g/mol. The van der Waals surface area contributed by atoms with Crippen LogP contribution in [0.5, 0.6) is 5.75 Å². The lowest BCUT2D eigenvalue weighted by Crippen LogP contribution is -2.23. The van der Waals surface area contributed by atoms with E-state index in [1.54, 1.807) is 4.57 Å². The van der Waals surface area contributed by atoms with Crippen molar-refractivity contribution in [1.29, 1.82) is 0 Å². The highest BCUT2D eigenvalue weighted by Gasteiger charge is 2.04. The number of ether oxygens (including phenoxy) is 1. The van der Waals surface area contributed by atoms with Gasteiger partial charge in [-0.15, -0.1) is 0 Å². The van der Waals surface area contributed by atoms with Crippen molar-refractivity contribution >= 4 is 27.0 Å². The molecule has 1 aromatic heterocycles.